The van der Waals surface area contributed by atoms with Crippen molar-refractivity contribution in [3.05, 3.63) is 50.4 Å². The van der Waals surface area contributed by atoms with Gasteiger partial charge in [-0.1, -0.05) is 23.2 Å². The number of carbonyl (C=O) groups is 1. The fourth-order valence-electron chi connectivity index (χ4n) is 1.84. The zero-order chi connectivity index (χ0) is 15.0. The molecular formula is C14H8BrCl2NO3. The highest BCUT2D eigenvalue weighted by Gasteiger charge is 2.18. The molecule has 0 saturated carbocycles. The molecule has 4 nitrogen and oxygen atoms in total. The number of fused-ring (bicyclic) bond motifs is 1. The van der Waals surface area contributed by atoms with E-state index in [0.717, 1.165) is 4.47 Å². The fourth-order valence-corrected chi connectivity index (χ4v) is 2.47. The average Bonchev–Trinajstić information content (AvgIpc) is 2.89. The topological polar surface area (TPSA) is 47.6 Å². The van der Waals surface area contributed by atoms with Crippen LogP contribution in [0.1, 0.15) is 10.4 Å². The molecule has 108 valence electrons. The molecule has 0 saturated heterocycles. The van der Waals surface area contributed by atoms with E-state index in [1.165, 1.54) is 0 Å². The van der Waals surface area contributed by atoms with Crippen LogP contribution in [-0.4, -0.2) is 12.7 Å². The number of ether oxygens (including phenoxy) is 2. The number of anilines is 1. The number of rotatable bonds is 2. The van der Waals surface area contributed by atoms with E-state index in [4.69, 9.17) is 32.7 Å². The van der Waals surface area contributed by atoms with Crippen LogP contribution in [0.15, 0.2) is 34.8 Å². The molecular weight excluding hydrogens is 381 g/mol. The first kappa shape index (κ1) is 14.5. The molecule has 0 radical (unpaired) electrons. The molecule has 1 heterocycles. The van der Waals surface area contributed by atoms with E-state index in [2.05, 4.69) is 21.2 Å². The largest absolute Gasteiger partial charge is 0.454 e. The fraction of sp³-hybridized carbons (Fsp3) is 0.0714. The molecule has 2 aromatic carbocycles. The van der Waals surface area contributed by atoms with Gasteiger partial charge in [-0.2, -0.15) is 0 Å². The summed E-state index contributed by atoms with van der Waals surface area (Å²) >= 11 is 15.4. The van der Waals surface area contributed by atoms with Crippen molar-refractivity contribution < 1.29 is 14.3 Å². The summed E-state index contributed by atoms with van der Waals surface area (Å²) in [5, 5.41) is 3.55. The number of amides is 1. The molecule has 2 aromatic rings. The monoisotopic (exact) mass is 387 g/mol. The van der Waals surface area contributed by atoms with Crippen molar-refractivity contribution in [2.75, 3.05) is 12.1 Å². The molecule has 7 heteroatoms. The van der Waals surface area contributed by atoms with Gasteiger partial charge in [-0.3, -0.25) is 4.79 Å². The van der Waals surface area contributed by atoms with Crippen LogP contribution in [0.25, 0.3) is 0 Å². The van der Waals surface area contributed by atoms with Crippen molar-refractivity contribution in [2.24, 2.45) is 0 Å². The summed E-state index contributed by atoms with van der Waals surface area (Å²) < 4.78 is 11.2. The lowest BCUT2D eigenvalue weighted by Crippen LogP contribution is -2.12. The Hall–Kier alpha value is -1.43. The standard InChI is InChI=1S/C14H8BrCl2NO3/c15-8-2-1-7(3-9(8)16)14(19)18-11-5-13-12(4-10(11)17)20-6-21-13/h1-5H,6H2,(H,18,19). The highest BCUT2D eigenvalue weighted by molar-refractivity contribution is 9.10. The third-order valence-electron chi connectivity index (χ3n) is 2.89. The van der Waals surface area contributed by atoms with E-state index in [0.29, 0.717) is 32.8 Å². The number of benzene rings is 2. The van der Waals surface area contributed by atoms with Crippen molar-refractivity contribution >= 4 is 50.7 Å². The van der Waals surface area contributed by atoms with Gasteiger partial charge in [-0.15, -0.1) is 0 Å². The zero-order valence-corrected chi connectivity index (χ0v) is 13.6. The maximum absolute atomic E-state index is 12.2. The van der Waals surface area contributed by atoms with E-state index in [9.17, 15) is 4.79 Å². The predicted octanol–water partition coefficient (Wildman–Crippen LogP) is 4.74. The maximum Gasteiger partial charge on any atom is 0.255 e. The van der Waals surface area contributed by atoms with Crippen LogP contribution in [-0.2, 0) is 0 Å². The molecule has 0 bridgehead atoms. The second-order valence-electron chi connectivity index (χ2n) is 4.27. The number of hydrogen-bond acceptors (Lipinski definition) is 3. The smallest absolute Gasteiger partial charge is 0.255 e. The SMILES string of the molecule is O=C(Nc1cc2c(cc1Cl)OCO2)c1ccc(Br)c(Cl)c1. The predicted molar refractivity (Wildman–Crippen MR) is 84.7 cm³/mol. The van der Waals surface area contributed by atoms with Crippen LogP contribution >= 0.6 is 39.1 Å². The molecule has 3 rings (SSSR count). The number of nitrogens with one attached hydrogen (secondary N) is 1. The lowest BCUT2D eigenvalue weighted by molar-refractivity contribution is 0.102. The first-order chi connectivity index (χ1) is 10.0. The van der Waals surface area contributed by atoms with Crippen molar-refractivity contribution in [3.63, 3.8) is 0 Å². The third-order valence-corrected chi connectivity index (χ3v) is 4.44. The van der Waals surface area contributed by atoms with Gasteiger partial charge < -0.3 is 14.8 Å². The minimum Gasteiger partial charge on any atom is -0.454 e. The third kappa shape index (κ3) is 2.95. The van der Waals surface area contributed by atoms with E-state index < -0.39 is 0 Å². The van der Waals surface area contributed by atoms with Crippen LogP contribution in [0.5, 0.6) is 11.5 Å². The second-order valence-corrected chi connectivity index (χ2v) is 5.94. The lowest BCUT2D eigenvalue weighted by atomic mass is 10.2. The Balaban J connectivity index is 1.86. The molecule has 0 aromatic heterocycles. The summed E-state index contributed by atoms with van der Waals surface area (Å²) in [6, 6.07) is 8.17. The summed E-state index contributed by atoms with van der Waals surface area (Å²) in [4.78, 5) is 12.2. The Labute approximate surface area is 139 Å². The van der Waals surface area contributed by atoms with Crippen molar-refractivity contribution in [3.8, 4) is 11.5 Å². The average molecular weight is 389 g/mol. The minimum absolute atomic E-state index is 0.144. The summed E-state index contributed by atoms with van der Waals surface area (Å²) in [6.45, 7) is 0.144. The summed E-state index contributed by atoms with van der Waals surface area (Å²) in [6.07, 6.45) is 0. The summed E-state index contributed by atoms with van der Waals surface area (Å²) in [7, 11) is 0. The van der Waals surface area contributed by atoms with E-state index in [1.54, 1.807) is 30.3 Å². The van der Waals surface area contributed by atoms with Gasteiger partial charge in [0.05, 0.1) is 15.7 Å². The molecule has 0 aliphatic carbocycles. The number of halogens is 3. The van der Waals surface area contributed by atoms with Gasteiger partial charge in [-0.05, 0) is 34.1 Å². The molecule has 0 fully saturated rings. The summed E-state index contributed by atoms with van der Waals surface area (Å²) in [5.41, 5.74) is 0.877. The highest BCUT2D eigenvalue weighted by Crippen LogP contribution is 2.39. The molecule has 0 atom stereocenters. The molecule has 1 N–H and O–H groups in total. The molecule has 0 spiro atoms. The Morgan fingerprint density at radius 1 is 1.10 bits per heavy atom. The molecule has 0 unspecified atom stereocenters. The normalized spacial score (nSPS) is 12.3. The van der Waals surface area contributed by atoms with Crippen LogP contribution in [0.4, 0.5) is 5.69 Å². The van der Waals surface area contributed by atoms with Gasteiger partial charge in [0.1, 0.15) is 0 Å². The van der Waals surface area contributed by atoms with Gasteiger partial charge in [-0.25, -0.2) is 0 Å². The first-order valence-corrected chi connectivity index (χ1v) is 7.45. The second kappa shape index (κ2) is 5.75. The lowest BCUT2D eigenvalue weighted by Gasteiger charge is -2.09. The van der Waals surface area contributed by atoms with Crippen LogP contribution in [0, 0.1) is 0 Å². The molecule has 1 aliphatic rings. The first-order valence-electron chi connectivity index (χ1n) is 5.90. The van der Waals surface area contributed by atoms with E-state index >= 15 is 0 Å². The Morgan fingerprint density at radius 2 is 1.81 bits per heavy atom. The highest BCUT2D eigenvalue weighted by atomic mass is 79.9. The van der Waals surface area contributed by atoms with E-state index in [1.807, 2.05) is 0 Å². The Morgan fingerprint density at radius 3 is 2.52 bits per heavy atom. The van der Waals surface area contributed by atoms with Crippen LogP contribution in [0.2, 0.25) is 10.0 Å². The molecule has 1 aliphatic heterocycles. The molecule has 21 heavy (non-hydrogen) atoms. The van der Waals surface area contributed by atoms with Crippen LogP contribution in [0.3, 0.4) is 0 Å². The van der Waals surface area contributed by atoms with E-state index in [-0.39, 0.29) is 12.7 Å². The summed E-state index contributed by atoms with van der Waals surface area (Å²) in [5.74, 6) is 0.790. The van der Waals surface area contributed by atoms with Gasteiger partial charge in [0, 0.05) is 22.2 Å². The zero-order valence-electron chi connectivity index (χ0n) is 10.5. The maximum atomic E-state index is 12.2. The number of hydrogen-bond donors (Lipinski definition) is 1. The Bertz CT molecular complexity index is 736. The van der Waals surface area contributed by atoms with Gasteiger partial charge in [0.25, 0.3) is 5.91 Å². The van der Waals surface area contributed by atoms with Crippen molar-refractivity contribution in [1.29, 1.82) is 0 Å². The molecule has 1 amide bonds. The van der Waals surface area contributed by atoms with Gasteiger partial charge in [0.15, 0.2) is 11.5 Å². The van der Waals surface area contributed by atoms with Crippen molar-refractivity contribution in [2.45, 2.75) is 0 Å². The van der Waals surface area contributed by atoms with Crippen LogP contribution < -0.4 is 14.8 Å². The minimum atomic E-state index is -0.315. The van der Waals surface area contributed by atoms with Crippen molar-refractivity contribution in [1.82, 2.24) is 0 Å². The quantitative estimate of drug-likeness (QED) is 0.808. The Kier molecular flexibility index (Phi) is 3.97. The van der Waals surface area contributed by atoms with Gasteiger partial charge in [0.2, 0.25) is 6.79 Å². The van der Waals surface area contributed by atoms with Gasteiger partial charge >= 0.3 is 0 Å². The number of carbonyl (C=O) groups excluding carboxylic acids is 1.